The van der Waals surface area contributed by atoms with Gasteiger partial charge in [-0.2, -0.15) is 0 Å². The summed E-state index contributed by atoms with van der Waals surface area (Å²) >= 11 is 0. The van der Waals surface area contributed by atoms with Gasteiger partial charge in [0.15, 0.2) is 0 Å². The lowest BCUT2D eigenvalue weighted by atomic mass is 10.1. The molecule has 2 aliphatic heterocycles. The van der Waals surface area contributed by atoms with E-state index in [0.29, 0.717) is 18.2 Å². The van der Waals surface area contributed by atoms with E-state index in [2.05, 4.69) is 24.1 Å². The predicted octanol–water partition coefficient (Wildman–Crippen LogP) is 0.864. The first kappa shape index (κ1) is 13.3. The van der Waals surface area contributed by atoms with Gasteiger partial charge in [-0.15, -0.1) is 0 Å². The molecule has 2 atom stereocenters. The Kier molecular flexibility index (Phi) is 5.22. The highest BCUT2D eigenvalue weighted by molar-refractivity contribution is 4.77. The molecule has 0 bridgehead atoms. The molecule has 4 nitrogen and oxygen atoms in total. The molecule has 2 aliphatic rings. The molecular weight excluding hydrogens is 216 g/mol. The molecule has 2 rings (SSSR count). The van der Waals surface area contributed by atoms with Gasteiger partial charge in [-0.1, -0.05) is 0 Å². The Labute approximate surface area is 105 Å². The topological polar surface area (TPSA) is 33.7 Å². The smallest absolute Gasteiger partial charge is 0.0674 e. The predicted molar refractivity (Wildman–Crippen MR) is 68.3 cm³/mol. The van der Waals surface area contributed by atoms with Crippen molar-refractivity contribution in [1.29, 1.82) is 0 Å². The lowest BCUT2D eigenvalue weighted by Gasteiger charge is -2.37. The van der Waals surface area contributed by atoms with Crippen LogP contribution in [0.2, 0.25) is 0 Å². The van der Waals surface area contributed by atoms with Gasteiger partial charge < -0.3 is 14.8 Å². The maximum atomic E-state index is 5.64. The van der Waals surface area contributed by atoms with Crippen LogP contribution in [0, 0.1) is 0 Å². The van der Waals surface area contributed by atoms with Gasteiger partial charge >= 0.3 is 0 Å². The van der Waals surface area contributed by atoms with Crippen LogP contribution in [-0.4, -0.2) is 62.5 Å². The van der Waals surface area contributed by atoms with Crippen LogP contribution in [0.1, 0.15) is 26.7 Å². The molecule has 4 heteroatoms. The van der Waals surface area contributed by atoms with Crippen LogP contribution >= 0.6 is 0 Å². The molecule has 0 aromatic rings. The minimum Gasteiger partial charge on any atom is -0.381 e. The third kappa shape index (κ3) is 4.21. The quantitative estimate of drug-likeness (QED) is 0.793. The second kappa shape index (κ2) is 6.69. The zero-order valence-corrected chi connectivity index (χ0v) is 11.2. The summed E-state index contributed by atoms with van der Waals surface area (Å²) in [5, 5.41) is 3.64. The number of ether oxygens (including phenoxy) is 2. The van der Waals surface area contributed by atoms with E-state index in [-0.39, 0.29) is 0 Å². The molecular formula is C13H26N2O2. The van der Waals surface area contributed by atoms with Crippen molar-refractivity contribution < 1.29 is 9.47 Å². The largest absolute Gasteiger partial charge is 0.381 e. The molecule has 17 heavy (non-hydrogen) atoms. The van der Waals surface area contributed by atoms with Gasteiger partial charge in [0.1, 0.15) is 0 Å². The first-order valence-corrected chi connectivity index (χ1v) is 6.92. The van der Waals surface area contributed by atoms with Crippen LogP contribution in [0.3, 0.4) is 0 Å². The van der Waals surface area contributed by atoms with E-state index in [4.69, 9.17) is 9.47 Å². The Hall–Kier alpha value is -0.160. The first-order chi connectivity index (χ1) is 8.25. The second-order valence-electron chi connectivity index (χ2n) is 5.33. The van der Waals surface area contributed by atoms with Crippen LogP contribution in [-0.2, 0) is 9.47 Å². The van der Waals surface area contributed by atoms with E-state index in [1.807, 2.05) is 0 Å². The Morgan fingerprint density at radius 1 is 1.24 bits per heavy atom. The van der Waals surface area contributed by atoms with E-state index in [0.717, 1.165) is 52.3 Å². The fraction of sp³-hybridized carbons (Fsp3) is 1.00. The Bertz CT molecular complexity index is 219. The van der Waals surface area contributed by atoms with E-state index < -0.39 is 0 Å². The molecule has 0 amide bonds. The van der Waals surface area contributed by atoms with Gasteiger partial charge in [-0.25, -0.2) is 0 Å². The third-order valence-corrected chi connectivity index (χ3v) is 3.79. The number of morpholine rings is 1. The van der Waals surface area contributed by atoms with Crippen molar-refractivity contribution in [3.8, 4) is 0 Å². The number of rotatable bonds is 4. The minimum atomic E-state index is 0.384. The van der Waals surface area contributed by atoms with Crippen molar-refractivity contribution in [2.45, 2.75) is 44.9 Å². The fourth-order valence-corrected chi connectivity index (χ4v) is 2.60. The van der Waals surface area contributed by atoms with Gasteiger partial charge in [0, 0.05) is 44.9 Å². The van der Waals surface area contributed by atoms with Gasteiger partial charge in [-0.3, -0.25) is 4.90 Å². The molecule has 0 radical (unpaired) electrons. The van der Waals surface area contributed by atoms with E-state index >= 15 is 0 Å². The second-order valence-corrected chi connectivity index (χ2v) is 5.33. The highest BCUT2D eigenvalue weighted by Crippen LogP contribution is 2.11. The molecule has 0 aromatic carbocycles. The number of nitrogens with zero attached hydrogens (tertiary/aromatic N) is 1. The Morgan fingerprint density at radius 3 is 2.76 bits per heavy atom. The monoisotopic (exact) mass is 242 g/mol. The summed E-state index contributed by atoms with van der Waals surface area (Å²) in [6, 6.07) is 1.22. The van der Waals surface area contributed by atoms with Crippen molar-refractivity contribution in [3.05, 3.63) is 0 Å². The standard InChI is InChI=1S/C13H26N2O2/c1-11-10-17-12(2)9-15(11)6-5-14-13-3-7-16-8-4-13/h11-14H,3-10H2,1-2H3. The molecule has 0 spiro atoms. The highest BCUT2D eigenvalue weighted by atomic mass is 16.5. The zero-order chi connectivity index (χ0) is 12.1. The van der Waals surface area contributed by atoms with Gasteiger partial charge in [0.25, 0.3) is 0 Å². The molecule has 2 heterocycles. The summed E-state index contributed by atoms with van der Waals surface area (Å²) in [4.78, 5) is 2.53. The molecule has 0 saturated carbocycles. The average molecular weight is 242 g/mol. The summed E-state index contributed by atoms with van der Waals surface area (Å²) in [6.07, 6.45) is 2.71. The summed E-state index contributed by atoms with van der Waals surface area (Å²) in [5.74, 6) is 0. The molecule has 2 fully saturated rings. The van der Waals surface area contributed by atoms with E-state index in [1.54, 1.807) is 0 Å². The highest BCUT2D eigenvalue weighted by Gasteiger charge is 2.23. The zero-order valence-electron chi connectivity index (χ0n) is 11.2. The summed E-state index contributed by atoms with van der Waals surface area (Å²) in [5.41, 5.74) is 0. The first-order valence-electron chi connectivity index (χ1n) is 6.92. The van der Waals surface area contributed by atoms with Crippen LogP contribution in [0.15, 0.2) is 0 Å². The third-order valence-electron chi connectivity index (χ3n) is 3.79. The Balaban J connectivity index is 1.63. The lowest BCUT2D eigenvalue weighted by Crippen LogP contribution is -2.50. The van der Waals surface area contributed by atoms with Crippen LogP contribution < -0.4 is 5.32 Å². The van der Waals surface area contributed by atoms with Crippen molar-refractivity contribution in [1.82, 2.24) is 10.2 Å². The average Bonchev–Trinajstić information content (AvgIpc) is 2.35. The summed E-state index contributed by atoms with van der Waals surface area (Å²) in [6.45, 7) is 10.4. The number of hydrogen-bond donors (Lipinski definition) is 1. The van der Waals surface area contributed by atoms with Gasteiger partial charge in [0.2, 0.25) is 0 Å². The normalized spacial score (nSPS) is 32.8. The van der Waals surface area contributed by atoms with Crippen molar-refractivity contribution in [3.63, 3.8) is 0 Å². The van der Waals surface area contributed by atoms with Crippen LogP contribution in [0.5, 0.6) is 0 Å². The van der Waals surface area contributed by atoms with Crippen molar-refractivity contribution in [2.24, 2.45) is 0 Å². The molecule has 0 aromatic heterocycles. The lowest BCUT2D eigenvalue weighted by molar-refractivity contribution is -0.0490. The fourth-order valence-electron chi connectivity index (χ4n) is 2.60. The maximum absolute atomic E-state index is 5.64. The molecule has 2 saturated heterocycles. The Morgan fingerprint density at radius 2 is 2.00 bits per heavy atom. The van der Waals surface area contributed by atoms with Crippen molar-refractivity contribution >= 4 is 0 Å². The molecule has 0 aliphatic carbocycles. The summed E-state index contributed by atoms with van der Waals surface area (Å²) < 4.78 is 11.0. The SMILES string of the molecule is CC1CN(CCNC2CCOCC2)C(C)CO1. The van der Waals surface area contributed by atoms with Crippen LogP contribution in [0.25, 0.3) is 0 Å². The van der Waals surface area contributed by atoms with Crippen molar-refractivity contribution in [2.75, 3.05) is 39.5 Å². The number of hydrogen-bond acceptors (Lipinski definition) is 4. The summed E-state index contributed by atoms with van der Waals surface area (Å²) in [7, 11) is 0. The van der Waals surface area contributed by atoms with Gasteiger partial charge in [0.05, 0.1) is 12.7 Å². The molecule has 1 N–H and O–H groups in total. The van der Waals surface area contributed by atoms with E-state index in [9.17, 15) is 0 Å². The van der Waals surface area contributed by atoms with Crippen LogP contribution in [0.4, 0.5) is 0 Å². The number of nitrogens with one attached hydrogen (secondary N) is 1. The van der Waals surface area contributed by atoms with E-state index in [1.165, 1.54) is 0 Å². The van der Waals surface area contributed by atoms with Gasteiger partial charge in [-0.05, 0) is 26.7 Å². The minimum absolute atomic E-state index is 0.384. The molecule has 2 unspecified atom stereocenters. The molecule has 100 valence electrons. The maximum Gasteiger partial charge on any atom is 0.0674 e.